The van der Waals surface area contributed by atoms with E-state index in [0.29, 0.717) is 11.5 Å². The summed E-state index contributed by atoms with van der Waals surface area (Å²) in [6.07, 6.45) is 14.7. The molecule has 1 aliphatic rings. The van der Waals surface area contributed by atoms with Gasteiger partial charge in [-0.05, 0) is 0 Å². The molecule has 1 N–H and O–H groups in total. The number of anilines is 1. The van der Waals surface area contributed by atoms with Gasteiger partial charge in [0.2, 0.25) is 0 Å². The van der Waals surface area contributed by atoms with E-state index in [2.05, 4.69) is 32.2 Å². The fraction of sp³-hybridized carbons (Fsp3) is 0.692. The third-order valence-electron chi connectivity index (χ3n) is 7.58. The van der Waals surface area contributed by atoms with Crippen LogP contribution in [0.1, 0.15) is 95.2 Å². The van der Waals surface area contributed by atoms with E-state index in [1.165, 1.54) is 63.4 Å². The van der Waals surface area contributed by atoms with Crippen LogP contribution in [0.25, 0.3) is 0 Å². The summed E-state index contributed by atoms with van der Waals surface area (Å²) >= 11 is 0. The van der Waals surface area contributed by atoms with Crippen LogP contribution in [0.3, 0.4) is 0 Å². The molecule has 0 heterocycles. The number of nitrogens with zero attached hydrogens (tertiary/aromatic N) is 1. The Kier molecular flexibility index (Phi) is 9.36. The Balaban J connectivity index is 2.41. The maximum absolute atomic E-state index is 14.0. The number of nitriles is 1. The molecule has 2 rings (SSSR count). The molecule has 168 valence electrons. The average molecular weight is 431 g/mol. The van der Waals surface area contributed by atoms with Crippen LogP contribution in [0, 0.1) is 25.2 Å². The summed E-state index contributed by atoms with van der Waals surface area (Å²) in [5.41, 5.74) is 3.59. The van der Waals surface area contributed by atoms with E-state index in [1.807, 2.05) is 26.0 Å². The van der Waals surface area contributed by atoms with E-state index in [-0.39, 0.29) is 5.16 Å². The zero-order chi connectivity index (χ0) is 22.2. The Morgan fingerprint density at radius 3 is 1.80 bits per heavy atom. The number of nitrogens with one attached hydrogen (secondary N) is 1. The van der Waals surface area contributed by atoms with E-state index >= 15 is 0 Å². The third kappa shape index (κ3) is 5.08. The van der Waals surface area contributed by atoms with Crippen molar-refractivity contribution in [3.8, 4) is 6.07 Å². The Morgan fingerprint density at radius 2 is 1.47 bits per heavy atom. The van der Waals surface area contributed by atoms with Crippen molar-refractivity contribution in [2.45, 2.75) is 97.6 Å². The van der Waals surface area contributed by atoms with Crippen LogP contribution in [-0.4, -0.2) is 29.5 Å². The number of hydrogen-bond acceptors (Lipinski definition) is 2. The van der Waals surface area contributed by atoms with E-state index in [1.54, 1.807) is 0 Å². The monoisotopic (exact) mass is 430 g/mol. The van der Waals surface area contributed by atoms with E-state index in [4.69, 9.17) is 0 Å². The Hall–Kier alpha value is -1.39. The molecule has 0 atom stereocenters. The predicted octanol–water partition coefficient (Wildman–Crippen LogP) is 7.19. The van der Waals surface area contributed by atoms with Crippen molar-refractivity contribution in [1.82, 2.24) is 0 Å². The molecule has 0 spiro atoms. The Bertz CT molecular complexity index is 716. The van der Waals surface area contributed by atoms with Crippen molar-refractivity contribution in [2.24, 2.45) is 0 Å². The molecule has 1 aromatic rings. The van der Waals surface area contributed by atoms with Gasteiger partial charge in [0.05, 0.1) is 0 Å². The topological polar surface area (TPSA) is 52.9 Å². The van der Waals surface area contributed by atoms with Crippen LogP contribution in [0.2, 0.25) is 0 Å². The van der Waals surface area contributed by atoms with Crippen molar-refractivity contribution < 1.29 is 4.79 Å². The maximum atomic E-state index is 14.0. The SMILES string of the molecule is CCCC[PH](CCCC)(CCCC)C1(C(=O)Nc2c(C)cc(C#N)cc2C)CCC1. The van der Waals surface area contributed by atoms with E-state index < -0.39 is 7.26 Å². The van der Waals surface area contributed by atoms with Gasteiger partial charge in [0.15, 0.2) is 0 Å². The van der Waals surface area contributed by atoms with Gasteiger partial charge < -0.3 is 0 Å². The molecular weight excluding hydrogens is 387 g/mol. The second-order valence-corrected chi connectivity index (χ2v) is 14.6. The van der Waals surface area contributed by atoms with Gasteiger partial charge in [0, 0.05) is 0 Å². The van der Waals surface area contributed by atoms with Crippen molar-refractivity contribution in [3.63, 3.8) is 0 Å². The van der Waals surface area contributed by atoms with Gasteiger partial charge in [-0.25, -0.2) is 0 Å². The molecule has 0 unspecified atom stereocenters. The summed E-state index contributed by atoms with van der Waals surface area (Å²) in [4.78, 5) is 14.0. The molecule has 0 bridgehead atoms. The fourth-order valence-electron chi connectivity index (χ4n) is 5.63. The minimum atomic E-state index is -1.76. The summed E-state index contributed by atoms with van der Waals surface area (Å²) in [7, 11) is -1.76. The number of benzene rings is 1. The number of carbonyl (C=O) groups is 1. The summed E-state index contributed by atoms with van der Waals surface area (Å²) in [5, 5.41) is 12.6. The molecule has 1 fully saturated rings. The molecule has 1 saturated carbocycles. The first-order valence-electron chi connectivity index (χ1n) is 12.2. The summed E-state index contributed by atoms with van der Waals surface area (Å²) in [6, 6.07) is 6.02. The van der Waals surface area contributed by atoms with Crippen LogP contribution in [0.5, 0.6) is 0 Å². The zero-order valence-electron chi connectivity index (χ0n) is 20.0. The zero-order valence-corrected chi connectivity index (χ0v) is 21.0. The van der Waals surface area contributed by atoms with Gasteiger partial charge in [0.1, 0.15) is 0 Å². The van der Waals surface area contributed by atoms with Gasteiger partial charge >= 0.3 is 185 Å². The number of hydrogen-bond donors (Lipinski definition) is 1. The number of unbranched alkanes of at least 4 members (excludes halogenated alkanes) is 3. The van der Waals surface area contributed by atoms with Crippen LogP contribution in [-0.2, 0) is 4.79 Å². The van der Waals surface area contributed by atoms with Crippen LogP contribution in [0.15, 0.2) is 12.1 Å². The second kappa shape index (κ2) is 11.3. The number of amides is 1. The quantitative estimate of drug-likeness (QED) is 0.357. The molecule has 0 radical (unpaired) electrons. The van der Waals surface area contributed by atoms with Gasteiger partial charge in [0.25, 0.3) is 0 Å². The average Bonchev–Trinajstić information content (AvgIpc) is 2.70. The first-order chi connectivity index (χ1) is 14.4. The fourth-order valence-corrected chi connectivity index (χ4v) is 12.9. The van der Waals surface area contributed by atoms with Gasteiger partial charge in [-0.15, -0.1) is 0 Å². The van der Waals surface area contributed by atoms with Gasteiger partial charge in [-0.1, -0.05) is 0 Å². The van der Waals surface area contributed by atoms with Crippen LogP contribution >= 0.6 is 7.26 Å². The Morgan fingerprint density at radius 1 is 1.00 bits per heavy atom. The first kappa shape index (κ1) is 24.9. The summed E-state index contributed by atoms with van der Waals surface area (Å²) < 4.78 is 0. The number of rotatable bonds is 12. The summed E-state index contributed by atoms with van der Waals surface area (Å²) in [6.45, 7) is 10.9. The molecule has 3 nitrogen and oxygen atoms in total. The molecule has 1 amide bonds. The number of aryl methyl sites for hydroxylation is 2. The normalized spacial score (nSPS) is 15.9. The Labute approximate surface area is 185 Å². The molecule has 0 aromatic heterocycles. The van der Waals surface area contributed by atoms with Crippen molar-refractivity contribution in [2.75, 3.05) is 23.8 Å². The van der Waals surface area contributed by atoms with Crippen LogP contribution in [0.4, 0.5) is 5.69 Å². The van der Waals surface area contributed by atoms with E-state index in [0.717, 1.165) is 29.7 Å². The van der Waals surface area contributed by atoms with Crippen molar-refractivity contribution in [3.05, 3.63) is 28.8 Å². The standard InChI is InChI=1S/C26H43N2OP/c1-6-9-15-30(16-10-7-2,17-11-8-3)26(13-12-14-26)25(29)28-24-21(4)18-23(20-27)19-22(24)5/h18-19,30H,6-17H2,1-5H3,(H,28,29). The molecule has 0 aliphatic heterocycles. The van der Waals surface area contributed by atoms with Crippen LogP contribution < -0.4 is 5.32 Å². The molecule has 30 heavy (non-hydrogen) atoms. The minimum absolute atomic E-state index is 0.0979. The van der Waals surface area contributed by atoms with E-state index in [9.17, 15) is 10.1 Å². The van der Waals surface area contributed by atoms with Crippen molar-refractivity contribution in [1.29, 1.82) is 5.26 Å². The summed E-state index contributed by atoms with van der Waals surface area (Å²) in [5.74, 6) is 0.291. The predicted molar refractivity (Wildman–Crippen MR) is 133 cm³/mol. The molecule has 1 aromatic carbocycles. The third-order valence-corrected chi connectivity index (χ3v) is 14.3. The van der Waals surface area contributed by atoms with Gasteiger partial charge in [-0.2, -0.15) is 0 Å². The molecule has 1 aliphatic carbocycles. The molecule has 0 saturated heterocycles. The second-order valence-electron chi connectivity index (χ2n) is 9.58. The molecule has 4 heteroatoms. The first-order valence-corrected chi connectivity index (χ1v) is 14.8. The van der Waals surface area contributed by atoms with Gasteiger partial charge in [-0.3, -0.25) is 0 Å². The number of carbonyl (C=O) groups excluding carboxylic acids is 1. The molecular formula is C26H43N2OP. The van der Waals surface area contributed by atoms with Crippen molar-refractivity contribution >= 4 is 18.9 Å².